The van der Waals surface area contributed by atoms with Crippen molar-refractivity contribution in [1.82, 2.24) is 39.3 Å². The first-order valence-corrected chi connectivity index (χ1v) is 26.6. The molecule has 81 heavy (non-hydrogen) atoms. The van der Waals surface area contributed by atoms with Crippen molar-refractivity contribution in [3.05, 3.63) is 177 Å². The average molecular weight is 1100 g/mol. The number of anilines is 6. The zero-order valence-electron chi connectivity index (χ0n) is 45.8. The number of nitrogens with zero attached hydrogens (tertiary/aromatic N) is 9. The van der Waals surface area contributed by atoms with Crippen LogP contribution in [-0.4, -0.2) is 120 Å². The predicted molar refractivity (Wildman–Crippen MR) is 311 cm³/mol. The van der Waals surface area contributed by atoms with Crippen molar-refractivity contribution in [3.8, 4) is 33.8 Å². The second kappa shape index (κ2) is 24.2. The smallest absolute Gasteiger partial charge is 0.259 e. The summed E-state index contributed by atoms with van der Waals surface area (Å²) in [5.41, 5.74) is 1.68. The normalized spacial score (nSPS) is 14.3. The lowest BCUT2D eigenvalue weighted by Gasteiger charge is -2.36. The number of nitrogens with one attached hydrogen (secondary N) is 3. The van der Waals surface area contributed by atoms with E-state index in [1.165, 1.54) is 42.1 Å². The number of pyridine rings is 6. The Labute approximate surface area is 465 Å². The number of H-pyrrole nitrogens is 1. The number of piperidine rings is 2. The van der Waals surface area contributed by atoms with Crippen LogP contribution in [-0.2, 0) is 6.54 Å². The fourth-order valence-corrected chi connectivity index (χ4v) is 10.5. The molecule has 0 saturated carbocycles. The molecule has 16 nitrogen and oxygen atoms in total. The first-order valence-electron chi connectivity index (χ1n) is 26.6. The zero-order chi connectivity index (χ0) is 56.9. The number of fused-ring (bicyclic) bond motifs is 2. The second-order valence-electron chi connectivity index (χ2n) is 20.5. The van der Waals surface area contributed by atoms with E-state index in [4.69, 9.17) is 9.47 Å². The summed E-state index contributed by atoms with van der Waals surface area (Å²) in [5, 5.41) is 7.46. The van der Waals surface area contributed by atoms with Crippen LogP contribution in [0.25, 0.3) is 44.1 Å². The van der Waals surface area contributed by atoms with Gasteiger partial charge in [0.25, 0.3) is 11.1 Å². The van der Waals surface area contributed by atoms with Crippen LogP contribution in [0.2, 0.25) is 0 Å². The minimum atomic E-state index is -0.827. The lowest BCUT2D eigenvalue weighted by atomic mass is 10.0. The van der Waals surface area contributed by atoms with Crippen molar-refractivity contribution in [2.24, 2.45) is 0 Å². The van der Waals surface area contributed by atoms with E-state index < -0.39 is 34.4 Å². The third-order valence-corrected chi connectivity index (χ3v) is 15.3. The molecule has 0 aliphatic carbocycles. The topological polar surface area (TPSA) is 162 Å². The van der Waals surface area contributed by atoms with Gasteiger partial charge in [0.15, 0.2) is 0 Å². The molecular weight excluding hydrogens is 1040 g/mol. The van der Waals surface area contributed by atoms with Gasteiger partial charge in [0, 0.05) is 73.1 Å². The first kappa shape index (κ1) is 55.4. The lowest BCUT2D eigenvalue weighted by Crippen LogP contribution is -2.42. The Morgan fingerprint density at radius 3 is 1.58 bits per heavy atom. The van der Waals surface area contributed by atoms with Gasteiger partial charge in [-0.25, -0.2) is 37.5 Å². The van der Waals surface area contributed by atoms with E-state index in [1.54, 1.807) is 43.6 Å². The standard InChI is InChI=1S/C35H36F2N6O3.C26H26F2N6O/c1-41-14-12-24(13-15-41)42(2)25-9-11-32(39-20-25)40-33-18-30-23(19-38-33)16-27(34-28(36)6-5-7-29(34)37)35(44)43(30)21-22-8-10-26(45-3)17-31(22)46-4;1-33-10-8-17(9-11-33)34(2)18-6-7-23(30-15-18)32-24-13-22-16(14-29-24)12-19(26(35)31-22)25-20(27)4-3-5-21(25)28/h5-11,16-20,24H,12-15,21H2,1-4H3,(H,38,39,40);3-7,12-15,17H,8-11H2,1-2H3,(H,31,35)(H,29,30,32). The molecule has 418 valence electrons. The number of hydrogen-bond donors (Lipinski definition) is 3. The molecule has 0 unspecified atom stereocenters. The number of halogens is 4. The Morgan fingerprint density at radius 2 is 1.07 bits per heavy atom. The molecule has 2 aliphatic heterocycles. The fourth-order valence-electron chi connectivity index (χ4n) is 10.5. The average Bonchev–Trinajstić information content (AvgIpc) is 3.57. The van der Waals surface area contributed by atoms with E-state index in [2.05, 4.69) is 83.3 Å². The molecule has 8 heterocycles. The molecule has 2 fully saturated rings. The molecule has 9 aromatic rings. The van der Waals surface area contributed by atoms with Crippen molar-refractivity contribution >= 4 is 56.5 Å². The largest absolute Gasteiger partial charge is 0.497 e. The van der Waals surface area contributed by atoms with E-state index in [9.17, 15) is 27.2 Å². The zero-order valence-corrected chi connectivity index (χ0v) is 45.8. The third-order valence-electron chi connectivity index (χ3n) is 15.3. The van der Waals surface area contributed by atoms with Gasteiger partial charge in [0.2, 0.25) is 0 Å². The van der Waals surface area contributed by atoms with Gasteiger partial charge in [-0.2, -0.15) is 0 Å². The Bertz CT molecular complexity index is 3790. The van der Waals surface area contributed by atoms with Crippen LogP contribution in [0.5, 0.6) is 11.5 Å². The Kier molecular flexibility index (Phi) is 16.6. The van der Waals surface area contributed by atoms with Crippen molar-refractivity contribution in [1.29, 1.82) is 0 Å². The van der Waals surface area contributed by atoms with Gasteiger partial charge >= 0.3 is 0 Å². The number of ether oxygens (including phenoxy) is 2. The Morgan fingerprint density at radius 1 is 0.580 bits per heavy atom. The van der Waals surface area contributed by atoms with Gasteiger partial charge < -0.3 is 49.3 Å². The fraction of sp³-hybridized carbons (Fsp3) is 0.279. The maximum Gasteiger partial charge on any atom is 0.259 e. The maximum absolute atomic E-state index is 14.9. The van der Waals surface area contributed by atoms with Gasteiger partial charge in [-0.3, -0.25) is 9.59 Å². The summed E-state index contributed by atoms with van der Waals surface area (Å²) in [6.45, 7) is 4.39. The monoisotopic (exact) mass is 1100 g/mol. The van der Waals surface area contributed by atoms with E-state index in [-0.39, 0.29) is 28.8 Å². The van der Waals surface area contributed by atoms with Gasteiger partial charge in [-0.1, -0.05) is 12.1 Å². The Balaban J connectivity index is 0.000000189. The number of aromatic nitrogens is 6. The number of likely N-dealkylation sites (tertiary alicyclic amines) is 2. The molecule has 2 saturated heterocycles. The van der Waals surface area contributed by atoms with Crippen LogP contribution in [0.15, 0.2) is 138 Å². The quantitative estimate of drug-likeness (QED) is 0.0882. The summed E-state index contributed by atoms with van der Waals surface area (Å²) in [7, 11) is 11.6. The highest BCUT2D eigenvalue weighted by Gasteiger charge is 2.24. The summed E-state index contributed by atoms with van der Waals surface area (Å²) in [4.78, 5) is 56.6. The summed E-state index contributed by atoms with van der Waals surface area (Å²) >= 11 is 0. The minimum Gasteiger partial charge on any atom is -0.497 e. The van der Waals surface area contributed by atoms with Crippen molar-refractivity contribution in [3.63, 3.8) is 0 Å². The molecule has 3 N–H and O–H groups in total. The second-order valence-corrected chi connectivity index (χ2v) is 20.5. The van der Waals surface area contributed by atoms with Gasteiger partial charge in [-0.05, 0) is 139 Å². The molecular formula is C61H62F4N12O4. The number of methoxy groups -OCH3 is 2. The third kappa shape index (κ3) is 12.3. The highest BCUT2D eigenvalue weighted by Crippen LogP contribution is 2.32. The van der Waals surface area contributed by atoms with Crippen molar-refractivity contribution in [2.45, 2.75) is 44.3 Å². The van der Waals surface area contributed by atoms with Crippen LogP contribution >= 0.6 is 0 Å². The number of hydrogen-bond acceptors (Lipinski definition) is 14. The van der Waals surface area contributed by atoms with Crippen molar-refractivity contribution < 1.29 is 27.0 Å². The molecule has 0 amide bonds. The molecule has 20 heteroatoms. The van der Waals surface area contributed by atoms with E-state index in [1.807, 2.05) is 36.7 Å². The summed E-state index contributed by atoms with van der Waals surface area (Å²) in [6.07, 6.45) is 11.2. The molecule has 3 aromatic carbocycles. The number of benzene rings is 3. The van der Waals surface area contributed by atoms with E-state index in [0.29, 0.717) is 74.2 Å². The van der Waals surface area contributed by atoms with Crippen LogP contribution in [0, 0.1) is 23.3 Å². The molecule has 2 aliphatic rings. The van der Waals surface area contributed by atoms with Gasteiger partial charge in [0.1, 0.15) is 58.0 Å². The molecule has 0 spiro atoms. The van der Waals surface area contributed by atoms with Crippen LogP contribution in [0.4, 0.5) is 52.2 Å². The maximum atomic E-state index is 14.9. The summed E-state index contributed by atoms with van der Waals surface area (Å²) in [5.74, 6) is -0.00453. The van der Waals surface area contributed by atoms with Crippen LogP contribution < -0.4 is 41.0 Å². The summed E-state index contributed by atoms with van der Waals surface area (Å²) < 4.78 is 70.6. The number of rotatable bonds is 14. The highest BCUT2D eigenvalue weighted by molar-refractivity contribution is 5.87. The van der Waals surface area contributed by atoms with Crippen molar-refractivity contribution in [2.75, 3.05) is 89.0 Å². The van der Waals surface area contributed by atoms with E-state index >= 15 is 0 Å². The first-order chi connectivity index (χ1) is 39.1. The van der Waals surface area contributed by atoms with Gasteiger partial charge in [0.05, 0.1) is 77.8 Å². The van der Waals surface area contributed by atoms with Gasteiger partial charge in [-0.15, -0.1) is 0 Å². The van der Waals surface area contributed by atoms with Crippen LogP contribution in [0.3, 0.4) is 0 Å². The SMILES string of the molecule is CN1CCC(N(C)c2ccc(Nc3cc4[nH]c(=O)c(-c5c(F)cccc5F)cc4cn3)nc2)CC1.COc1ccc(Cn2c(=O)c(-c3c(F)cccc3F)cc3cnc(Nc4ccc(N(C)C5CCN(C)CC5)cn4)cc32)c(OC)c1. The Hall–Kier alpha value is -8.88. The predicted octanol–water partition coefficient (Wildman–Crippen LogP) is 10.6. The molecule has 6 aromatic heterocycles. The highest BCUT2D eigenvalue weighted by atomic mass is 19.1. The molecule has 11 rings (SSSR count). The molecule has 0 bridgehead atoms. The van der Waals surface area contributed by atoms with E-state index in [0.717, 1.165) is 87.5 Å². The summed E-state index contributed by atoms with van der Waals surface area (Å²) in [6, 6.07) is 27.4. The number of aromatic amines is 1. The molecule has 0 atom stereocenters. The lowest BCUT2D eigenvalue weighted by molar-refractivity contribution is 0.253. The minimum absolute atomic E-state index is 0.0616. The van der Waals surface area contributed by atoms with Crippen LogP contribution in [0.1, 0.15) is 31.2 Å². The molecule has 0 radical (unpaired) electrons.